The maximum Gasteiger partial charge on any atom is 0.321 e. The molecule has 0 aliphatic rings. The van der Waals surface area contributed by atoms with Gasteiger partial charge in [-0.1, -0.05) is 11.6 Å². The molecule has 5 heteroatoms. The quantitative estimate of drug-likeness (QED) is 0.763. The van der Waals surface area contributed by atoms with E-state index in [1.165, 1.54) is 0 Å². The topological polar surface area (TPSA) is 58.4 Å². The lowest BCUT2D eigenvalue weighted by Crippen LogP contribution is -2.31. The Labute approximate surface area is 94.0 Å². The predicted octanol–water partition coefficient (Wildman–Crippen LogP) is 2.41. The second kappa shape index (κ2) is 4.89. The molecule has 15 heavy (non-hydrogen) atoms. The molecule has 0 aliphatic heterocycles. The number of rotatable bonds is 2. The summed E-state index contributed by atoms with van der Waals surface area (Å²) in [6, 6.07) is 4.75. The summed E-state index contributed by atoms with van der Waals surface area (Å²) in [6.45, 7) is 2.52. The molecule has 1 aromatic rings. The van der Waals surface area contributed by atoms with E-state index in [1.54, 1.807) is 30.1 Å². The molecular formula is C10H14ClN3O. The molecule has 0 aliphatic carbocycles. The van der Waals surface area contributed by atoms with Crippen LogP contribution in [0.1, 0.15) is 6.92 Å². The molecule has 0 bridgehead atoms. The molecular weight excluding hydrogens is 214 g/mol. The molecule has 1 aromatic carbocycles. The van der Waals surface area contributed by atoms with Gasteiger partial charge in [-0.15, -0.1) is 0 Å². The Balaban J connectivity index is 2.80. The van der Waals surface area contributed by atoms with Crippen molar-refractivity contribution in [2.75, 3.05) is 24.6 Å². The van der Waals surface area contributed by atoms with Gasteiger partial charge in [0.25, 0.3) is 0 Å². The number of anilines is 2. The molecule has 0 heterocycles. The fraction of sp³-hybridized carbons (Fsp3) is 0.300. The first-order valence-corrected chi connectivity index (χ1v) is 4.99. The van der Waals surface area contributed by atoms with Gasteiger partial charge in [-0.2, -0.15) is 0 Å². The molecule has 1 rings (SSSR count). The third-order valence-electron chi connectivity index (χ3n) is 2.08. The maximum absolute atomic E-state index is 11.5. The van der Waals surface area contributed by atoms with Crippen LogP contribution in [-0.2, 0) is 0 Å². The van der Waals surface area contributed by atoms with Crippen LogP contribution in [0.4, 0.5) is 16.2 Å². The molecule has 2 amide bonds. The molecule has 4 nitrogen and oxygen atoms in total. The van der Waals surface area contributed by atoms with Crippen molar-refractivity contribution in [3.63, 3.8) is 0 Å². The largest absolute Gasteiger partial charge is 0.397 e. The van der Waals surface area contributed by atoms with Crippen molar-refractivity contribution in [1.29, 1.82) is 0 Å². The summed E-state index contributed by atoms with van der Waals surface area (Å²) in [5, 5.41) is 3.22. The zero-order chi connectivity index (χ0) is 11.4. The van der Waals surface area contributed by atoms with Gasteiger partial charge in [0.1, 0.15) is 0 Å². The average molecular weight is 228 g/mol. The van der Waals surface area contributed by atoms with Crippen LogP contribution < -0.4 is 11.1 Å². The minimum Gasteiger partial charge on any atom is -0.397 e. The Morgan fingerprint density at radius 1 is 1.60 bits per heavy atom. The van der Waals surface area contributed by atoms with Gasteiger partial charge in [-0.25, -0.2) is 4.79 Å². The van der Waals surface area contributed by atoms with Gasteiger partial charge in [0.05, 0.1) is 11.4 Å². The molecule has 0 atom stereocenters. The van der Waals surface area contributed by atoms with Gasteiger partial charge >= 0.3 is 6.03 Å². The molecule has 0 radical (unpaired) electrons. The minimum atomic E-state index is -0.202. The molecule has 0 saturated carbocycles. The van der Waals surface area contributed by atoms with Gasteiger partial charge in [-0.3, -0.25) is 0 Å². The number of nitrogen functional groups attached to an aromatic ring is 1. The van der Waals surface area contributed by atoms with Crippen LogP contribution in [0.5, 0.6) is 0 Å². The Hall–Kier alpha value is -1.42. The van der Waals surface area contributed by atoms with Gasteiger partial charge in [-0.05, 0) is 25.1 Å². The van der Waals surface area contributed by atoms with Crippen LogP contribution in [0.25, 0.3) is 0 Å². The van der Waals surface area contributed by atoms with E-state index in [1.807, 2.05) is 6.92 Å². The molecule has 0 fully saturated rings. The lowest BCUT2D eigenvalue weighted by atomic mass is 10.3. The number of urea groups is 1. The molecule has 0 saturated heterocycles. The number of halogens is 1. The fourth-order valence-corrected chi connectivity index (χ4v) is 1.16. The van der Waals surface area contributed by atoms with Crippen molar-refractivity contribution in [2.24, 2.45) is 0 Å². The smallest absolute Gasteiger partial charge is 0.321 e. The second-order valence-electron chi connectivity index (χ2n) is 3.18. The van der Waals surface area contributed by atoms with Gasteiger partial charge < -0.3 is 16.0 Å². The number of benzene rings is 1. The summed E-state index contributed by atoms with van der Waals surface area (Å²) in [5.41, 5.74) is 6.72. The first kappa shape index (κ1) is 11.7. The van der Waals surface area contributed by atoms with Gasteiger partial charge in [0, 0.05) is 18.6 Å². The Morgan fingerprint density at radius 3 is 2.87 bits per heavy atom. The van der Waals surface area contributed by atoms with E-state index in [0.717, 1.165) is 0 Å². The van der Waals surface area contributed by atoms with Crippen LogP contribution in [0.2, 0.25) is 5.02 Å². The van der Waals surface area contributed by atoms with Crippen molar-refractivity contribution in [2.45, 2.75) is 6.92 Å². The van der Waals surface area contributed by atoms with Crippen LogP contribution >= 0.6 is 11.6 Å². The van der Waals surface area contributed by atoms with Crippen LogP contribution in [0.15, 0.2) is 18.2 Å². The van der Waals surface area contributed by atoms with Gasteiger partial charge in [0.2, 0.25) is 0 Å². The highest BCUT2D eigenvalue weighted by atomic mass is 35.5. The zero-order valence-corrected chi connectivity index (χ0v) is 9.51. The van der Waals surface area contributed by atoms with E-state index in [9.17, 15) is 4.79 Å². The third kappa shape index (κ3) is 3.02. The number of nitrogens with one attached hydrogen (secondary N) is 1. The first-order chi connectivity index (χ1) is 7.04. The van der Waals surface area contributed by atoms with Crippen molar-refractivity contribution in [1.82, 2.24) is 4.90 Å². The number of hydrogen-bond acceptors (Lipinski definition) is 2. The SMILES string of the molecule is CCN(C)C(=O)Nc1cc(Cl)ccc1N. The van der Waals surface area contributed by atoms with Crippen LogP contribution in [0.3, 0.4) is 0 Å². The Kier molecular flexibility index (Phi) is 3.80. The highest BCUT2D eigenvalue weighted by Crippen LogP contribution is 2.22. The summed E-state index contributed by atoms with van der Waals surface area (Å²) >= 11 is 5.79. The van der Waals surface area contributed by atoms with E-state index in [0.29, 0.717) is 22.9 Å². The third-order valence-corrected chi connectivity index (χ3v) is 2.31. The van der Waals surface area contributed by atoms with Gasteiger partial charge in [0.15, 0.2) is 0 Å². The van der Waals surface area contributed by atoms with E-state index in [-0.39, 0.29) is 6.03 Å². The zero-order valence-electron chi connectivity index (χ0n) is 8.75. The summed E-state index contributed by atoms with van der Waals surface area (Å²) in [5.74, 6) is 0. The van der Waals surface area contributed by atoms with Crippen molar-refractivity contribution in [3.8, 4) is 0 Å². The summed E-state index contributed by atoms with van der Waals surface area (Å²) in [6.07, 6.45) is 0. The average Bonchev–Trinajstić information content (AvgIpc) is 2.22. The van der Waals surface area contributed by atoms with E-state index in [4.69, 9.17) is 17.3 Å². The standard InChI is InChI=1S/C10H14ClN3O/c1-3-14(2)10(15)13-9-6-7(11)4-5-8(9)12/h4-6H,3,12H2,1-2H3,(H,13,15). The fourth-order valence-electron chi connectivity index (χ4n) is 0.991. The summed E-state index contributed by atoms with van der Waals surface area (Å²) < 4.78 is 0. The Bertz CT molecular complexity index is 368. The van der Waals surface area contributed by atoms with E-state index in [2.05, 4.69) is 5.32 Å². The van der Waals surface area contributed by atoms with Crippen molar-refractivity contribution < 1.29 is 4.79 Å². The molecule has 0 spiro atoms. The monoisotopic (exact) mass is 227 g/mol. The number of carbonyl (C=O) groups excluding carboxylic acids is 1. The number of hydrogen-bond donors (Lipinski definition) is 2. The van der Waals surface area contributed by atoms with Crippen LogP contribution in [0, 0.1) is 0 Å². The lowest BCUT2D eigenvalue weighted by molar-refractivity contribution is 0.224. The molecule has 3 N–H and O–H groups in total. The number of nitrogens with two attached hydrogens (primary N) is 1. The minimum absolute atomic E-state index is 0.202. The number of carbonyl (C=O) groups is 1. The Morgan fingerprint density at radius 2 is 2.27 bits per heavy atom. The number of amides is 2. The maximum atomic E-state index is 11.5. The normalized spacial score (nSPS) is 9.80. The highest BCUT2D eigenvalue weighted by molar-refractivity contribution is 6.31. The first-order valence-electron chi connectivity index (χ1n) is 4.61. The predicted molar refractivity (Wildman–Crippen MR) is 63.2 cm³/mol. The second-order valence-corrected chi connectivity index (χ2v) is 3.61. The van der Waals surface area contributed by atoms with Crippen molar-refractivity contribution in [3.05, 3.63) is 23.2 Å². The highest BCUT2D eigenvalue weighted by Gasteiger charge is 2.08. The summed E-state index contributed by atoms with van der Waals surface area (Å²) in [4.78, 5) is 13.1. The summed E-state index contributed by atoms with van der Waals surface area (Å²) in [7, 11) is 1.70. The lowest BCUT2D eigenvalue weighted by Gasteiger charge is -2.16. The molecule has 82 valence electrons. The number of nitrogens with zero attached hydrogens (tertiary/aromatic N) is 1. The van der Waals surface area contributed by atoms with Crippen molar-refractivity contribution >= 4 is 29.0 Å². The van der Waals surface area contributed by atoms with E-state index < -0.39 is 0 Å². The van der Waals surface area contributed by atoms with Crippen LogP contribution in [-0.4, -0.2) is 24.5 Å². The van der Waals surface area contributed by atoms with E-state index >= 15 is 0 Å². The molecule has 0 unspecified atom stereocenters. The molecule has 0 aromatic heterocycles.